The largest absolute Gasteiger partial charge is 0.481 e. The average Bonchev–Trinajstić information content (AvgIpc) is 3.22. The Labute approximate surface area is 182 Å². The van der Waals surface area contributed by atoms with Gasteiger partial charge >= 0.3 is 5.97 Å². The number of fused-ring (bicyclic) bond motifs is 3. The number of carboxylic acids is 1. The molecule has 2 aromatic carbocycles. The van der Waals surface area contributed by atoms with Crippen molar-refractivity contribution in [1.29, 1.82) is 0 Å². The number of halogens is 1. The molecule has 1 aliphatic rings. The molecule has 1 aromatic heterocycles. The van der Waals surface area contributed by atoms with Gasteiger partial charge in [0.25, 0.3) is 0 Å². The van der Waals surface area contributed by atoms with Gasteiger partial charge in [-0.05, 0) is 48.2 Å². The fourth-order valence-electron chi connectivity index (χ4n) is 4.45. The van der Waals surface area contributed by atoms with Crippen LogP contribution in [0, 0.1) is 0 Å². The molecule has 30 heavy (non-hydrogen) atoms. The SMILES string of the molecule is C=Cc1cc(OS(C)=O)cc2c3c(n(Cc4ccc(Cl)cc4)c12)C(CC(=O)O)CC3. The van der Waals surface area contributed by atoms with Gasteiger partial charge < -0.3 is 13.9 Å². The zero-order valence-corrected chi connectivity index (χ0v) is 18.1. The molecule has 7 heteroatoms. The second kappa shape index (κ2) is 8.28. The first-order valence-corrected chi connectivity index (χ1v) is 11.5. The van der Waals surface area contributed by atoms with Crippen molar-refractivity contribution < 1.29 is 18.3 Å². The first kappa shape index (κ1) is 20.7. The fourth-order valence-corrected chi connectivity index (χ4v) is 4.95. The van der Waals surface area contributed by atoms with E-state index in [1.807, 2.05) is 36.4 Å². The van der Waals surface area contributed by atoms with Crippen molar-refractivity contribution in [1.82, 2.24) is 4.57 Å². The summed E-state index contributed by atoms with van der Waals surface area (Å²) >= 11 is 4.60. The van der Waals surface area contributed by atoms with E-state index in [2.05, 4.69) is 11.1 Å². The minimum Gasteiger partial charge on any atom is -0.481 e. The van der Waals surface area contributed by atoms with Crippen LogP contribution in [0.15, 0.2) is 43.0 Å². The van der Waals surface area contributed by atoms with E-state index in [0.29, 0.717) is 17.3 Å². The Kier molecular flexibility index (Phi) is 5.71. The molecule has 0 bridgehead atoms. The summed E-state index contributed by atoms with van der Waals surface area (Å²) in [5.41, 5.74) is 5.13. The number of rotatable bonds is 7. The Balaban J connectivity index is 1.94. The van der Waals surface area contributed by atoms with E-state index < -0.39 is 17.0 Å². The zero-order valence-electron chi connectivity index (χ0n) is 16.6. The van der Waals surface area contributed by atoms with E-state index in [0.717, 1.165) is 46.1 Å². The lowest BCUT2D eigenvalue weighted by atomic mass is 10.0. The number of benzene rings is 2. The maximum absolute atomic E-state index is 11.6. The van der Waals surface area contributed by atoms with Gasteiger partial charge in [-0.1, -0.05) is 36.4 Å². The van der Waals surface area contributed by atoms with E-state index >= 15 is 0 Å². The Morgan fingerprint density at radius 2 is 2.10 bits per heavy atom. The molecular formula is C23H22ClNO4S. The monoisotopic (exact) mass is 443 g/mol. The van der Waals surface area contributed by atoms with E-state index in [1.165, 1.54) is 6.26 Å². The Hall–Kier alpha value is -2.57. The van der Waals surface area contributed by atoms with Crippen LogP contribution in [-0.4, -0.2) is 26.1 Å². The van der Waals surface area contributed by atoms with Crippen LogP contribution in [0.3, 0.4) is 0 Å². The molecular weight excluding hydrogens is 422 g/mol. The summed E-state index contributed by atoms with van der Waals surface area (Å²) in [5.74, 6) is -0.337. The van der Waals surface area contributed by atoms with Gasteiger partial charge in [0, 0.05) is 40.4 Å². The Bertz CT molecular complexity index is 1170. The molecule has 0 saturated heterocycles. The van der Waals surface area contributed by atoms with E-state index in [9.17, 15) is 14.1 Å². The van der Waals surface area contributed by atoms with Gasteiger partial charge in [-0.2, -0.15) is 0 Å². The summed E-state index contributed by atoms with van der Waals surface area (Å²) in [6.45, 7) is 4.55. The van der Waals surface area contributed by atoms with Crippen molar-refractivity contribution in [2.45, 2.75) is 31.7 Å². The number of aliphatic carboxylic acids is 1. The number of aromatic nitrogens is 1. The quantitative estimate of drug-likeness (QED) is 0.547. The summed E-state index contributed by atoms with van der Waals surface area (Å²) in [6.07, 6.45) is 4.92. The Morgan fingerprint density at radius 1 is 1.37 bits per heavy atom. The summed E-state index contributed by atoms with van der Waals surface area (Å²) in [7, 11) is 0. The van der Waals surface area contributed by atoms with Crippen molar-refractivity contribution in [3.63, 3.8) is 0 Å². The third-order valence-corrected chi connectivity index (χ3v) is 6.23. The van der Waals surface area contributed by atoms with Crippen molar-refractivity contribution >= 4 is 45.6 Å². The van der Waals surface area contributed by atoms with Crippen LogP contribution >= 0.6 is 11.6 Å². The molecule has 0 fully saturated rings. The number of hydrogen-bond acceptors (Lipinski definition) is 3. The third-order valence-electron chi connectivity index (χ3n) is 5.55. The van der Waals surface area contributed by atoms with Gasteiger partial charge in [-0.15, -0.1) is 0 Å². The highest BCUT2D eigenvalue weighted by atomic mass is 35.5. The lowest BCUT2D eigenvalue weighted by molar-refractivity contribution is -0.137. The van der Waals surface area contributed by atoms with Gasteiger partial charge in [-0.3, -0.25) is 4.79 Å². The van der Waals surface area contributed by atoms with Crippen LogP contribution in [0.5, 0.6) is 5.75 Å². The van der Waals surface area contributed by atoms with Gasteiger partial charge in [0.2, 0.25) is 11.1 Å². The van der Waals surface area contributed by atoms with E-state index in [-0.39, 0.29) is 12.3 Å². The molecule has 3 aromatic rings. The molecule has 1 heterocycles. The predicted octanol–water partition coefficient (Wildman–Crippen LogP) is 5.16. The number of hydrogen-bond donors (Lipinski definition) is 1. The summed E-state index contributed by atoms with van der Waals surface area (Å²) < 4.78 is 19.3. The molecule has 5 nitrogen and oxygen atoms in total. The van der Waals surface area contributed by atoms with Gasteiger partial charge in [-0.25, -0.2) is 4.21 Å². The lowest BCUT2D eigenvalue weighted by Crippen LogP contribution is -2.11. The smallest absolute Gasteiger partial charge is 0.304 e. The van der Waals surface area contributed by atoms with Crippen molar-refractivity contribution in [2.75, 3.05) is 6.26 Å². The summed E-state index contributed by atoms with van der Waals surface area (Å²) in [4.78, 5) is 11.5. The molecule has 4 rings (SSSR count). The summed E-state index contributed by atoms with van der Waals surface area (Å²) in [6, 6.07) is 11.4. The highest BCUT2D eigenvalue weighted by Gasteiger charge is 2.32. The number of carbonyl (C=O) groups is 1. The van der Waals surface area contributed by atoms with Crippen molar-refractivity contribution in [3.05, 3.63) is 70.4 Å². The lowest BCUT2D eigenvalue weighted by Gasteiger charge is -2.17. The van der Waals surface area contributed by atoms with E-state index in [4.69, 9.17) is 15.8 Å². The zero-order chi connectivity index (χ0) is 21.4. The van der Waals surface area contributed by atoms with Crippen LogP contribution in [0.2, 0.25) is 5.02 Å². The second-order valence-electron chi connectivity index (χ2n) is 7.51. The van der Waals surface area contributed by atoms with E-state index in [1.54, 1.807) is 6.08 Å². The molecule has 0 spiro atoms. The average molecular weight is 444 g/mol. The fraction of sp³-hybridized carbons (Fsp3) is 0.261. The molecule has 2 atom stereocenters. The number of carboxylic acid groups (broad SMARTS) is 1. The van der Waals surface area contributed by atoms with Crippen LogP contribution < -0.4 is 4.18 Å². The summed E-state index contributed by atoms with van der Waals surface area (Å²) in [5, 5.41) is 11.1. The predicted molar refractivity (Wildman–Crippen MR) is 121 cm³/mol. The maximum Gasteiger partial charge on any atom is 0.304 e. The van der Waals surface area contributed by atoms with Crippen LogP contribution in [-0.2, 0) is 28.8 Å². The van der Waals surface area contributed by atoms with Gasteiger partial charge in [0.05, 0.1) is 11.9 Å². The van der Waals surface area contributed by atoms with Crippen LogP contribution in [0.1, 0.15) is 41.1 Å². The molecule has 0 amide bonds. The number of aryl methyl sites for hydroxylation is 1. The normalized spacial score (nSPS) is 16.4. The molecule has 156 valence electrons. The highest BCUT2D eigenvalue weighted by Crippen LogP contribution is 2.44. The van der Waals surface area contributed by atoms with Crippen molar-refractivity contribution in [2.24, 2.45) is 0 Å². The first-order chi connectivity index (χ1) is 14.4. The maximum atomic E-state index is 11.6. The minimum atomic E-state index is -1.44. The van der Waals surface area contributed by atoms with Crippen LogP contribution in [0.4, 0.5) is 0 Å². The molecule has 1 N–H and O–H groups in total. The molecule has 0 aliphatic heterocycles. The van der Waals surface area contributed by atoms with Gasteiger partial charge in [0.1, 0.15) is 5.75 Å². The third kappa shape index (κ3) is 3.89. The number of nitrogens with zero attached hydrogens (tertiary/aromatic N) is 1. The van der Waals surface area contributed by atoms with Crippen molar-refractivity contribution in [3.8, 4) is 5.75 Å². The highest BCUT2D eigenvalue weighted by molar-refractivity contribution is 7.79. The Morgan fingerprint density at radius 3 is 2.73 bits per heavy atom. The van der Waals surface area contributed by atoms with Crippen LogP contribution in [0.25, 0.3) is 17.0 Å². The second-order valence-corrected chi connectivity index (χ2v) is 8.91. The first-order valence-electron chi connectivity index (χ1n) is 9.66. The van der Waals surface area contributed by atoms with Gasteiger partial charge in [0.15, 0.2) is 0 Å². The molecule has 2 unspecified atom stereocenters. The molecule has 0 radical (unpaired) electrons. The molecule has 1 aliphatic carbocycles. The topological polar surface area (TPSA) is 68.5 Å². The molecule has 0 saturated carbocycles. The standard InChI is InChI=1S/C23H22ClNO4S/c1-3-15-10-18(29-30(2)28)12-20-19-9-6-16(11-21(26)27)23(19)25(22(15)20)13-14-4-7-17(24)8-5-14/h3-5,7-8,10,12,16H,1,6,9,11,13H2,2H3,(H,26,27). The minimum absolute atomic E-state index is 0.0560.